The highest BCUT2D eigenvalue weighted by atomic mass is 32.2. The summed E-state index contributed by atoms with van der Waals surface area (Å²) < 4.78 is 0. The van der Waals surface area contributed by atoms with Gasteiger partial charge in [0.2, 0.25) is 5.12 Å². The molecule has 4 nitrogen and oxygen atoms in total. The normalized spacial score (nSPS) is 10.4. The molecule has 0 heterocycles. The molecule has 3 aromatic rings. The minimum Gasteiger partial charge on any atom is -0.282 e. The van der Waals surface area contributed by atoms with Crippen LogP contribution in [0.3, 0.4) is 0 Å². The fraction of sp³-hybridized carbons (Fsp3) is 0.0500. The Hall–Kier alpha value is -2.92. The Labute approximate surface area is 149 Å². The highest BCUT2D eigenvalue weighted by Gasteiger charge is 2.09. The van der Waals surface area contributed by atoms with E-state index in [0.717, 1.165) is 16.7 Å². The maximum atomic E-state index is 12.3. The molecule has 0 unspecified atom stereocenters. The van der Waals surface area contributed by atoms with E-state index in [1.54, 1.807) is 12.1 Å². The minimum absolute atomic E-state index is 0.0158. The highest BCUT2D eigenvalue weighted by Crippen LogP contribution is 2.23. The third kappa shape index (κ3) is 4.33. The first kappa shape index (κ1) is 16.9. The van der Waals surface area contributed by atoms with Gasteiger partial charge >= 0.3 is 0 Å². The summed E-state index contributed by atoms with van der Waals surface area (Å²) in [6, 6.07) is 23.8. The first-order valence-corrected chi connectivity index (χ1v) is 8.68. The van der Waals surface area contributed by atoms with Gasteiger partial charge in [0.1, 0.15) is 0 Å². The fourth-order valence-electron chi connectivity index (χ4n) is 2.38. The van der Waals surface area contributed by atoms with Crippen LogP contribution in [-0.4, -0.2) is 10.0 Å². The number of benzene rings is 3. The lowest BCUT2D eigenvalue weighted by atomic mass is 10.0. The summed E-state index contributed by atoms with van der Waals surface area (Å²) in [5.74, 6) is 0.483. The van der Waals surface area contributed by atoms with Crippen LogP contribution in [0.2, 0.25) is 0 Å². The van der Waals surface area contributed by atoms with Crippen molar-refractivity contribution in [2.45, 2.75) is 5.75 Å². The number of rotatable bonds is 5. The summed E-state index contributed by atoms with van der Waals surface area (Å²) in [7, 11) is 0. The smallest absolute Gasteiger partial charge is 0.269 e. The van der Waals surface area contributed by atoms with E-state index in [4.69, 9.17) is 0 Å². The molecule has 0 aliphatic carbocycles. The van der Waals surface area contributed by atoms with Crippen molar-refractivity contribution in [1.82, 2.24) is 0 Å². The van der Waals surface area contributed by atoms with Gasteiger partial charge in [0, 0.05) is 23.4 Å². The van der Waals surface area contributed by atoms with Gasteiger partial charge in [-0.15, -0.1) is 0 Å². The van der Waals surface area contributed by atoms with E-state index in [1.165, 1.54) is 23.9 Å². The van der Waals surface area contributed by atoms with Crippen molar-refractivity contribution < 1.29 is 9.72 Å². The van der Waals surface area contributed by atoms with Crippen LogP contribution in [0.1, 0.15) is 15.9 Å². The topological polar surface area (TPSA) is 60.2 Å². The summed E-state index contributed by atoms with van der Waals surface area (Å²) >= 11 is 1.19. The number of carbonyl (C=O) groups is 1. The highest BCUT2D eigenvalue weighted by molar-refractivity contribution is 8.13. The molecule has 5 heteroatoms. The molecule has 0 fully saturated rings. The lowest BCUT2D eigenvalue weighted by molar-refractivity contribution is -0.384. The van der Waals surface area contributed by atoms with Gasteiger partial charge in [0.15, 0.2) is 0 Å². The van der Waals surface area contributed by atoms with E-state index in [0.29, 0.717) is 11.3 Å². The van der Waals surface area contributed by atoms with Crippen LogP contribution in [0.25, 0.3) is 11.1 Å². The van der Waals surface area contributed by atoms with Gasteiger partial charge in [-0.25, -0.2) is 0 Å². The van der Waals surface area contributed by atoms with Gasteiger partial charge in [0.25, 0.3) is 5.69 Å². The zero-order chi connectivity index (χ0) is 17.6. The van der Waals surface area contributed by atoms with E-state index < -0.39 is 4.92 Å². The predicted octanol–water partition coefficient (Wildman–Crippen LogP) is 5.34. The number of nitrogens with zero attached hydrogens (tertiary/aromatic N) is 1. The van der Waals surface area contributed by atoms with Gasteiger partial charge < -0.3 is 0 Å². The summed E-state index contributed by atoms with van der Waals surface area (Å²) in [4.78, 5) is 22.5. The van der Waals surface area contributed by atoms with E-state index in [2.05, 4.69) is 0 Å². The number of nitro groups is 1. The second-order valence-electron chi connectivity index (χ2n) is 5.44. The molecule has 3 aromatic carbocycles. The third-order valence-electron chi connectivity index (χ3n) is 3.74. The zero-order valence-corrected chi connectivity index (χ0v) is 14.1. The Morgan fingerprint density at radius 1 is 0.840 bits per heavy atom. The van der Waals surface area contributed by atoms with Crippen molar-refractivity contribution in [3.8, 4) is 11.1 Å². The molecule has 3 rings (SSSR count). The van der Waals surface area contributed by atoms with Crippen LogP contribution >= 0.6 is 11.8 Å². The molecule has 0 aromatic heterocycles. The van der Waals surface area contributed by atoms with E-state index in [1.807, 2.05) is 54.6 Å². The summed E-state index contributed by atoms with van der Waals surface area (Å²) in [6.45, 7) is 0. The van der Waals surface area contributed by atoms with Gasteiger partial charge in [-0.1, -0.05) is 66.4 Å². The number of thioether (sulfide) groups is 1. The van der Waals surface area contributed by atoms with Crippen LogP contribution in [-0.2, 0) is 5.75 Å². The van der Waals surface area contributed by atoms with Crippen molar-refractivity contribution in [3.63, 3.8) is 0 Å². The summed E-state index contributed by atoms with van der Waals surface area (Å²) in [5.41, 5.74) is 3.76. The standard InChI is InChI=1S/C20H15NO3S/c22-20(25-14-15-6-12-19(13-7-15)21(23)24)18-10-8-17(9-11-18)16-4-2-1-3-5-16/h1-13H,14H2. The Morgan fingerprint density at radius 2 is 1.44 bits per heavy atom. The molecule has 0 saturated heterocycles. The SMILES string of the molecule is O=C(SCc1ccc([N+](=O)[O-])cc1)c1ccc(-c2ccccc2)cc1. The molecule has 0 atom stereocenters. The Kier molecular flexibility index (Phi) is 5.26. The third-order valence-corrected chi connectivity index (χ3v) is 4.72. The van der Waals surface area contributed by atoms with E-state index in [9.17, 15) is 14.9 Å². The average Bonchev–Trinajstić information content (AvgIpc) is 2.67. The Morgan fingerprint density at radius 3 is 2.04 bits per heavy atom. The minimum atomic E-state index is -0.434. The van der Waals surface area contributed by atoms with Crippen LogP contribution in [0, 0.1) is 10.1 Å². The molecule has 0 N–H and O–H groups in total. The van der Waals surface area contributed by atoms with Crippen molar-refractivity contribution in [2.75, 3.05) is 0 Å². The Balaban J connectivity index is 1.62. The first-order valence-electron chi connectivity index (χ1n) is 7.69. The molecule has 0 bridgehead atoms. The van der Waals surface area contributed by atoms with Crippen LogP contribution in [0.4, 0.5) is 5.69 Å². The van der Waals surface area contributed by atoms with Crippen molar-refractivity contribution >= 4 is 22.6 Å². The molecule has 124 valence electrons. The lowest BCUT2D eigenvalue weighted by Gasteiger charge is -2.04. The number of hydrogen-bond acceptors (Lipinski definition) is 4. The second kappa shape index (κ2) is 7.77. The van der Waals surface area contributed by atoms with Gasteiger partial charge in [-0.3, -0.25) is 14.9 Å². The van der Waals surface area contributed by atoms with Crippen molar-refractivity contribution in [3.05, 3.63) is 100 Å². The van der Waals surface area contributed by atoms with Crippen LogP contribution in [0.5, 0.6) is 0 Å². The van der Waals surface area contributed by atoms with Gasteiger partial charge in [-0.2, -0.15) is 0 Å². The largest absolute Gasteiger partial charge is 0.282 e. The van der Waals surface area contributed by atoms with Crippen LogP contribution < -0.4 is 0 Å². The van der Waals surface area contributed by atoms with Gasteiger partial charge in [-0.05, 0) is 28.8 Å². The van der Waals surface area contributed by atoms with Crippen LogP contribution in [0.15, 0.2) is 78.9 Å². The molecule has 0 aliphatic heterocycles. The van der Waals surface area contributed by atoms with E-state index in [-0.39, 0.29) is 10.8 Å². The average molecular weight is 349 g/mol. The molecular formula is C20H15NO3S. The quantitative estimate of drug-likeness (QED) is 0.461. The molecule has 0 radical (unpaired) electrons. The van der Waals surface area contributed by atoms with Gasteiger partial charge in [0.05, 0.1) is 4.92 Å². The molecule has 0 aliphatic rings. The maximum absolute atomic E-state index is 12.3. The second-order valence-corrected chi connectivity index (χ2v) is 6.39. The fourth-order valence-corrected chi connectivity index (χ4v) is 3.17. The van der Waals surface area contributed by atoms with Crippen molar-refractivity contribution in [1.29, 1.82) is 0 Å². The number of carbonyl (C=O) groups excluding carboxylic acids is 1. The predicted molar refractivity (Wildman–Crippen MR) is 101 cm³/mol. The van der Waals surface area contributed by atoms with E-state index >= 15 is 0 Å². The lowest BCUT2D eigenvalue weighted by Crippen LogP contribution is -1.95. The zero-order valence-electron chi connectivity index (χ0n) is 13.3. The summed E-state index contributed by atoms with van der Waals surface area (Å²) in [6.07, 6.45) is 0. The summed E-state index contributed by atoms with van der Waals surface area (Å²) in [5, 5.41) is 10.6. The molecular weight excluding hydrogens is 334 g/mol. The number of hydrogen-bond donors (Lipinski definition) is 0. The molecule has 0 amide bonds. The van der Waals surface area contributed by atoms with Crippen molar-refractivity contribution in [2.24, 2.45) is 0 Å². The molecule has 0 spiro atoms. The maximum Gasteiger partial charge on any atom is 0.269 e. The number of non-ortho nitro benzene ring substituents is 1. The monoisotopic (exact) mass is 349 g/mol. The first-order chi connectivity index (χ1) is 12.1. The molecule has 0 saturated carbocycles. The number of nitro benzene ring substituents is 1. The molecule has 25 heavy (non-hydrogen) atoms. The Bertz CT molecular complexity index is 875.